The van der Waals surface area contributed by atoms with Gasteiger partial charge in [0.2, 0.25) is 5.91 Å². The fourth-order valence-electron chi connectivity index (χ4n) is 4.11. The molecule has 0 saturated heterocycles. The van der Waals surface area contributed by atoms with E-state index in [1.54, 1.807) is 36.4 Å². The quantitative estimate of drug-likeness (QED) is 0.166. The van der Waals surface area contributed by atoms with Gasteiger partial charge < -0.3 is 22.5 Å². The summed E-state index contributed by atoms with van der Waals surface area (Å²) >= 11 is 0. The summed E-state index contributed by atoms with van der Waals surface area (Å²) in [4.78, 5) is 43.2. The van der Waals surface area contributed by atoms with Crippen LogP contribution in [0.5, 0.6) is 0 Å². The summed E-state index contributed by atoms with van der Waals surface area (Å²) in [5.41, 5.74) is 19.0. The minimum Gasteiger partial charge on any atom is -0.384 e. The van der Waals surface area contributed by atoms with Crippen molar-refractivity contribution in [3.8, 4) is 0 Å². The molecule has 0 unspecified atom stereocenters. The molecule has 1 aliphatic heterocycles. The van der Waals surface area contributed by atoms with Gasteiger partial charge in [-0.2, -0.15) is 0 Å². The first kappa shape index (κ1) is 22.8. The lowest BCUT2D eigenvalue weighted by atomic mass is 9.92. The van der Waals surface area contributed by atoms with E-state index in [9.17, 15) is 14.4 Å². The Hall–Kier alpha value is -4.40. The predicted octanol–water partition coefficient (Wildman–Crippen LogP) is 2.13. The highest BCUT2D eigenvalue weighted by atomic mass is 16.2. The first-order valence-corrected chi connectivity index (χ1v) is 11.0. The molecule has 7 N–H and O–H groups in total. The minimum absolute atomic E-state index is 0.0570. The molecule has 0 fully saturated rings. The molecule has 0 bridgehead atoms. The molecule has 3 amide bonds. The number of benzene rings is 3. The van der Waals surface area contributed by atoms with Crippen molar-refractivity contribution >= 4 is 45.8 Å². The van der Waals surface area contributed by atoms with Gasteiger partial charge in [0, 0.05) is 47.1 Å². The average Bonchev–Trinajstić information content (AvgIpc) is 2.81. The van der Waals surface area contributed by atoms with Crippen molar-refractivity contribution in [3.05, 3.63) is 71.3 Å². The van der Waals surface area contributed by atoms with Gasteiger partial charge in [-0.1, -0.05) is 24.3 Å². The van der Waals surface area contributed by atoms with Crippen LogP contribution in [-0.4, -0.2) is 36.8 Å². The van der Waals surface area contributed by atoms with E-state index in [1.807, 2.05) is 18.2 Å². The Balaban J connectivity index is 1.64. The van der Waals surface area contributed by atoms with E-state index in [0.29, 0.717) is 41.7 Å². The van der Waals surface area contributed by atoms with Crippen LogP contribution in [-0.2, 0) is 11.2 Å². The smallest absolute Gasteiger partial charge is 0.265 e. The van der Waals surface area contributed by atoms with Crippen LogP contribution in [0.25, 0.3) is 10.8 Å². The number of hydrogen-bond acceptors (Lipinski definition) is 5. The van der Waals surface area contributed by atoms with Crippen LogP contribution in [0.15, 0.2) is 59.6 Å². The summed E-state index contributed by atoms with van der Waals surface area (Å²) in [5.74, 6) is -1.13. The summed E-state index contributed by atoms with van der Waals surface area (Å²) < 4.78 is 0. The van der Waals surface area contributed by atoms with Crippen LogP contribution in [0.2, 0.25) is 0 Å². The molecule has 3 aromatic carbocycles. The molecule has 174 valence electrons. The summed E-state index contributed by atoms with van der Waals surface area (Å²) in [6.07, 6.45) is 1.34. The molecule has 0 aliphatic carbocycles. The molecule has 0 atom stereocenters. The Bertz CT molecular complexity index is 1290. The molecule has 4 rings (SSSR count). The molecule has 0 aromatic heterocycles. The Kier molecular flexibility index (Phi) is 6.44. The number of imide groups is 1. The monoisotopic (exact) mass is 458 g/mol. The number of carbonyl (C=O) groups excluding carboxylic acids is 3. The van der Waals surface area contributed by atoms with Crippen molar-refractivity contribution in [2.75, 3.05) is 23.3 Å². The standard InChI is InChI=1S/C25H26N6O3/c26-21(32)11-8-15-4-1-5-16(14-15)31-23(33)18-7-2-6-17-20(29-12-3-13-30-25(27)28)10-9-19(22(17)18)24(31)34/h1-2,4-7,9-10,14,29H,3,8,11-13H2,(H2,26,32)(H4,27,28,30). The summed E-state index contributed by atoms with van der Waals surface area (Å²) in [5, 5.41) is 4.77. The predicted molar refractivity (Wildman–Crippen MR) is 133 cm³/mol. The number of nitrogens with one attached hydrogen (secondary N) is 1. The molecule has 0 radical (unpaired) electrons. The average molecular weight is 459 g/mol. The van der Waals surface area contributed by atoms with Gasteiger partial charge in [0.15, 0.2) is 5.96 Å². The molecule has 9 heteroatoms. The van der Waals surface area contributed by atoms with Gasteiger partial charge in [-0.05, 0) is 48.7 Å². The lowest BCUT2D eigenvalue weighted by Crippen LogP contribution is -2.40. The maximum absolute atomic E-state index is 13.4. The van der Waals surface area contributed by atoms with Crippen LogP contribution < -0.4 is 27.4 Å². The van der Waals surface area contributed by atoms with Crippen molar-refractivity contribution in [1.29, 1.82) is 0 Å². The third-order valence-corrected chi connectivity index (χ3v) is 5.68. The number of anilines is 2. The number of rotatable bonds is 9. The lowest BCUT2D eigenvalue weighted by Gasteiger charge is -2.28. The number of aliphatic imine (C=N–C) groups is 1. The number of hydrogen-bond donors (Lipinski definition) is 4. The third kappa shape index (κ3) is 4.54. The van der Waals surface area contributed by atoms with Crippen molar-refractivity contribution in [1.82, 2.24) is 0 Å². The maximum atomic E-state index is 13.4. The minimum atomic E-state index is -0.406. The van der Waals surface area contributed by atoms with Gasteiger partial charge in [-0.25, -0.2) is 4.90 Å². The maximum Gasteiger partial charge on any atom is 0.265 e. The Morgan fingerprint density at radius 2 is 1.68 bits per heavy atom. The van der Waals surface area contributed by atoms with Gasteiger partial charge >= 0.3 is 0 Å². The van der Waals surface area contributed by atoms with Crippen LogP contribution in [0.1, 0.15) is 39.1 Å². The molecule has 3 aromatic rings. The van der Waals surface area contributed by atoms with E-state index in [2.05, 4.69) is 10.3 Å². The van der Waals surface area contributed by atoms with E-state index in [4.69, 9.17) is 17.2 Å². The Morgan fingerprint density at radius 1 is 0.941 bits per heavy atom. The second-order valence-corrected chi connectivity index (χ2v) is 8.06. The van der Waals surface area contributed by atoms with Gasteiger partial charge in [-0.15, -0.1) is 0 Å². The topological polar surface area (TPSA) is 157 Å². The van der Waals surface area contributed by atoms with Crippen molar-refractivity contribution < 1.29 is 14.4 Å². The first-order chi connectivity index (χ1) is 16.4. The zero-order valence-electron chi connectivity index (χ0n) is 18.6. The third-order valence-electron chi connectivity index (χ3n) is 5.68. The molecule has 1 heterocycles. The zero-order valence-corrected chi connectivity index (χ0v) is 18.6. The SMILES string of the molecule is NC(=O)CCc1cccc(N2C(=O)c3cccc4c(NCCCN=C(N)N)ccc(c34)C2=O)c1. The van der Waals surface area contributed by atoms with Crippen LogP contribution in [0, 0.1) is 0 Å². The Morgan fingerprint density at radius 3 is 2.41 bits per heavy atom. The number of amides is 3. The van der Waals surface area contributed by atoms with Gasteiger partial charge in [0.25, 0.3) is 11.8 Å². The second-order valence-electron chi connectivity index (χ2n) is 8.06. The number of nitrogens with two attached hydrogens (primary N) is 3. The lowest BCUT2D eigenvalue weighted by molar-refractivity contribution is -0.118. The highest BCUT2D eigenvalue weighted by Gasteiger charge is 2.34. The fourth-order valence-corrected chi connectivity index (χ4v) is 4.11. The van der Waals surface area contributed by atoms with Crippen molar-refractivity contribution in [3.63, 3.8) is 0 Å². The number of aryl methyl sites for hydroxylation is 1. The number of carbonyl (C=O) groups is 3. The Labute approximate surface area is 196 Å². The van der Waals surface area contributed by atoms with Crippen LogP contribution in [0.3, 0.4) is 0 Å². The van der Waals surface area contributed by atoms with E-state index < -0.39 is 5.91 Å². The van der Waals surface area contributed by atoms with Gasteiger partial charge in [0.1, 0.15) is 0 Å². The van der Waals surface area contributed by atoms with Gasteiger partial charge in [0.05, 0.1) is 5.69 Å². The first-order valence-electron chi connectivity index (χ1n) is 11.0. The highest BCUT2D eigenvalue weighted by Crippen LogP contribution is 2.36. The molecule has 0 saturated carbocycles. The number of guanidine groups is 1. The van der Waals surface area contributed by atoms with Crippen molar-refractivity contribution in [2.45, 2.75) is 19.3 Å². The largest absolute Gasteiger partial charge is 0.384 e. The van der Waals surface area contributed by atoms with E-state index in [0.717, 1.165) is 23.1 Å². The number of nitrogens with zero attached hydrogens (tertiary/aromatic N) is 2. The molecular weight excluding hydrogens is 432 g/mol. The van der Waals surface area contributed by atoms with E-state index in [1.165, 1.54) is 4.90 Å². The molecule has 34 heavy (non-hydrogen) atoms. The van der Waals surface area contributed by atoms with Crippen LogP contribution >= 0.6 is 0 Å². The van der Waals surface area contributed by atoms with E-state index in [-0.39, 0.29) is 24.2 Å². The van der Waals surface area contributed by atoms with E-state index >= 15 is 0 Å². The summed E-state index contributed by atoms with van der Waals surface area (Å²) in [6.45, 7) is 1.13. The normalized spacial score (nSPS) is 12.6. The molecule has 1 aliphatic rings. The van der Waals surface area contributed by atoms with Crippen LogP contribution in [0.4, 0.5) is 11.4 Å². The van der Waals surface area contributed by atoms with Gasteiger partial charge in [-0.3, -0.25) is 19.4 Å². The molecule has 9 nitrogen and oxygen atoms in total. The fraction of sp³-hybridized carbons (Fsp3) is 0.200. The molecule has 0 spiro atoms. The zero-order chi connectivity index (χ0) is 24.2. The summed E-state index contributed by atoms with van der Waals surface area (Å²) in [7, 11) is 0. The number of primary amides is 1. The highest BCUT2D eigenvalue weighted by molar-refractivity contribution is 6.36. The second kappa shape index (κ2) is 9.62. The summed E-state index contributed by atoms with van der Waals surface area (Å²) in [6, 6.07) is 16.1. The molecular formula is C25H26N6O3. The van der Waals surface area contributed by atoms with Crippen molar-refractivity contribution in [2.24, 2.45) is 22.2 Å².